The fraction of sp³-hybridized carbons (Fsp3) is 0. The van der Waals surface area contributed by atoms with Gasteiger partial charge in [-0.05, 0) is 6.07 Å². The molecular weight excluding hydrogens is 180 g/mol. The van der Waals surface area contributed by atoms with Gasteiger partial charge in [0, 0.05) is 0 Å². The molecule has 2 heterocycles. The minimum Gasteiger partial charge on any atom is -0.397 e. The molecule has 0 spiro atoms. The minimum atomic E-state index is 0.371. The van der Waals surface area contributed by atoms with Crippen LogP contribution >= 0.6 is 0 Å². The van der Waals surface area contributed by atoms with Crippen molar-refractivity contribution in [2.24, 2.45) is 0 Å². The van der Waals surface area contributed by atoms with Crippen LogP contribution in [0.15, 0.2) is 24.9 Å². The molecule has 68 valence electrons. The molecule has 2 rings (SSSR count). The van der Waals surface area contributed by atoms with Crippen LogP contribution in [0.4, 0.5) is 5.69 Å². The lowest BCUT2D eigenvalue weighted by molar-refractivity contribution is 0.842. The van der Waals surface area contributed by atoms with Crippen LogP contribution in [0.1, 0.15) is 5.56 Å². The van der Waals surface area contributed by atoms with Gasteiger partial charge in [-0.25, -0.2) is 14.6 Å². The molecule has 0 fully saturated rings. The van der Waals surface area contributed by atoms with E-state index in [1.807, 2.05) is 6.07 Å². The van der Waals surface area contributed by atoms with Crippen molar-refractivity contribution in [2.45, 2.75) is 0 Å². The maximum Gasteiger partial charge on any atom is 0.173 e. The average Bonchev–Trinajstić information content (AvgIpc) is 2.70. The van der Waals surface area contributed by atoms with E-state index in [0.29, 0.717) is 17.1 Å². The number of anilines is 1. The highest BCUT2D eigenvalue weighted by atomic mass is 15.3. The molecule has 0 aromatic carbocycles. The molecular formula is C8H6N6. The van der Waals surface area contributed by atoms with E-state index in [0.717, 1.165) is 0 Å². The summed E-state index contributed by atoms with van der Waals surface area (Å²) in [5, 5.41) is 12.7. The van der Waals surface area contributed by atoms with Crippen molar-refractivity contribution in [1.29, 1.82) is 5.26 Å². The maximum absolute atomic E-state index is 8.83. The zero-order valence-corrected chi connectivity index (χ0v) is 7.12. The third-order valence-electron chi connectivity index (χ3n) is 1.64. The van der Waals surface area contributed by atoms with E-state index >= 15 is 0 Å². The standard InChI is InChI=1S/C8H6N6/c9-2-6-1-7(10)3-12-8(6)14-5-11-4-13-14/h1,3-5H,10H2. The Labute approximate surface area is 79.6 Å². The summed E-state index contributed by atoms with van der Waals surface area (Å²) in [6.07, 6.45) is 4.32. The zero-order valence-electron chi connectivity index (χ0n) is 7.12. The molecule has 6 nitrogen and oxygen atoms in total. The number of pyridine rings is 1. The Bertz CT molecular complexity index is 481. The number of nitrogen functional groups attached to an aromatic ring is 1. The fourth-order valence-electron chi connectivity index (χ4n) is 1.06. The first-order valence-corrected chi connectivity index (χ1v) is 3.82. The van der Waals surface area contributed by atoms with Crippen molar-refractivity contribution in [3.8, 4) is 11.9 Å². The number of rotatable bonds is 1. The van der Waals surface area contributed by atoms with Gasteiger partial charge in [0.2, 0.25) is 0 Å². The molecule has 2 aromatic heterocycles. The molecule has 0 radical (unpaired) electrons. The highest BCUT2D eigenvalue weighted by Crippen LogP contribution is 2.11. The summed E-state index contributed by atoms with van der Waals surface area (Å²) < 4.78 is 1.41. The smallest absolute Gasteiger partial charge is 0.173 e. The first kappa shape index (κ1) is 8.19. The van der Waals surface area contributed by atoms with E-state index in [1.54, 1.807) is 6.07 Å². The van der Waals surface area contributed by atoms with Crippen LogP contribution in [0.2, 0.25) is 0 Å². The fourth-order valence-corrected chi connectivity index (χ4v) is 1.06. The first-order valence-electron chi connectivity index (χ1n) is 3.82. The van der Waals surface area contributed by atoms with Crippen LogP contribution < -0.4 is 5.73 Å². The summed E-state index contributed by atoms with van der Waals surface area (Å²) in [6, 6.07) is 3.54. The van der Waals surface area contributed by atoms with Gasteiger partial charge in [0.15, 0.2) is 5.82 Å². The number of aromatic nitrogens is 4. The molecule has 0 unspecified atom stereocenters. The summed E-state index contributed by atoms with van der Waals surface area (Å²) in [5.41, 5.74) is 6.32. The van der Waals surface area contributed by atoms with Gasteiger partial charge in [-0.2, -0.15) is 10.4 Å². The summed E-state index contributed by atoms with van der Waals surface area (Å²) in [4.78, 5) is 7.77. The predicted molar refractivity (Wildman–Crippen MR) is 48.3 cm³/mol. The largest absolute Gasteiger partial charge is 0.397 e. The second kappa shape index (κ2) is 3.14. The van der Waals surface area contributed by atoms with Crippen molar-refractivity contribution in [3.63, 3.8) is 0 Å². The van der Waals surface area contributed by atoms with Crippen LogP contribution in [-0.4, -0.2) is 19.7 Å². The first-order chi connectivity index (χ1) is 6.81. The predicted octanol–water partition coefficient (Wildman–Crippen LogP) is 0.116. The zero-order chi connectivity index (χ0) is 9.97. The Morgan fingerprint density at radius 3 is 3.00 bits per heavy atom. The van der Waals surface area contributed by atoms with Crippen LogP contribution in [0.3, 0.4) is 0 Å². The second-order valence-corrected chi connectivity index (χ2v) is 2.59. The summed E-state index contributed by atoms with van der Waals surface area (Å²) in [6.45, 7) is 0. The van der Waals surface area contributed by atoms with E-state index < -0.39 is 0 Å². The molecule has 0 atom stereocenters. The lowest BCUT2D eigenvalue weighted by atomic mass is 10.2. The summed E-state index contributed by atoms with van der Waals surface area (Å²) >= 11 is 0. The number of hydrogen-bond acceptors (Lipinski definition) is 5. The van der Waals surface area contributed by atoms with Crippen molar-refractivity contribution < 1.29 is 0 Å². The minimum absolute atomic E-state index is 0.371. The summed E-state index contributed by atoms with van der Waals surface area (Å²) in [5.74, 6) is 0.430. The van der Waals surface area contributed by atoms with Gasteiger partial charge in [-0.3, -0.25) is 0 Å². The number of nitrogens with two attached hydrogens (primary N) is 1. The van der Waals surface area contributed by atoms with Gasteiger partial charge in [-0.15, -0.1) is 0 Å². The van der Waals surface area contributed by atoms with Gasteiger partial charge >= 0.3 is 0 Å². The van der Waals surface area contributed by atoms with Crippen LogP contribution in [0.25, 0.3) is 5.82 Å². The van der Waals surface area contributed by atoms with Crippen LogP contribution in [-0.2, 0) is 0 Å². The van der Waals surface area contributed by atoms with E-state index in [1.165, 1.54) is 23.5 Å². The average molecular weight is 186 g/mol. The van der Waals surface area contributed by atoms with Crippen molar-refractivity contribution in [3.05, 3.63) is 30.5 Å². The Hall–Kier alpha value is -2.42. The topological polar surface area (TPSA) is 93.4 Å². The number of hydrogen-bond donors (Lipinski definition) is 1. The maximum atomic E-state index is 8.83. The normalized spacial score (nSPS) is 9.64. The van der Waals surface area contributed by atoms with Crippen LogP contribution in [0.5, 0.6) is 0 Å². The molecule has 0 aliphatic carbocycles. The lowest BCUT2D eigenvalue weighted by Gasteiger charge is -2.01. The SMILES string of the molecule is N#Cc1cc(N)cnc1-n1cncn1. The molecule has 0 saturated heterocycles. The molecule has 14 heavy (non-hydrogen) atoms. The van der Waals surface area contributed by atoms with E-state index in [9.17, 15) is 0 Å². The van der Waals surface area contributed by atoms with Crippen molar-refractivity contribution in [2.75, 3.05) is 5.73 Å². The second-order valence-electron chi connectivity index (χ2n) is 2.59. The number of nitriles is 1. The summed E-state index contributed by atoms with van der Waals surface area (Å²) in [7, 11) is 0. The molecule has 0 aliphatic rings. The molecule has 0 saturated carbocycles. The monoisotopic (exact) mass is 186 g/mol. The Morgan fingerprint density at radius 1 is 1.50 bits per heavy atom. The van der Waals surface area contributed by atoms with Gasteiger partial charge in [0.05, 0.1) is 17.4 Å². The third kappa shape index (κ3) is 1.27. The van der Waals surface area contributed by atoms with Crippen molar-refractivity contribution >= 4 is 5.69 Å². The van der Waals surface area contributed by atoms with Crippen molar-refractivity contribution in [1.82, 2.24) is 19.7 Å². The molecule has 0 aliphatic heterocycles. The lowest BCUT2D eigenvalue weighted by Crippen LogP contribution is -2.02. The highest BCUT2D eigenvalue weighted by Gasteiger charge is 2.06. The third-order valence-corrected chi connectivity index (χ3v) is 1.64. The highest BCUT2D eigenvalue weighted by molar-refractivity contribution is 5.51. The van der Waals surface area contributed by atoms with Gasteiger partial charge in [0.1, 0.15) is 18.7 Å². The van der Waals surface area contributed by atoms with E-state index in [4.69, 9.17) is 11.0 Å². The van der Waals surface area contributed by atoms with Gasteiger partial charge < -0.3 is 5.73 Å². The van der Waals surface area contributed by atoms with Gasteiger partial charge in [0.25, 0.3) is 0 Å². The Kier molecular flexibility index (Phi) is 1.84. The number of nitrogens with zero attached hydrogens (tertiary/aromatic N) is 5. The molecule has 6 heteroatoms. The Morgan fingerprint density at radius 2 is 2.36 bits per heavy atom. The Balaban J connectivity index is 2.60. The molecule has 2 aromatic rings. The van der Waals surface area contributed by atoms with Gasteiger partial charge in [-0.1, -0.05) is 0 Å². The van der Waals surface area contributed by atoms with Crippen LogP contribution in [0, 0.1) is 11.3 Å². The molecule has 2 N–H and O–H groups in total. The molecule has 0 bridgehead atoms. The van der Waals surface area contributed by atoms with E-state index in [-0.39, 0.29) is 0 Å². The quantitative estimate of drug-likeness (QED) is 0.682. The van der Waals surface area contributed by atoms with E-state index in [2.05, 4.69) is 15.1 Å². The molecule has 0 amide bonds.